The Morgan fingerprint density at radius 2 is 1.75 bits per heavy atom. The van der Waals surface area contributed by atoms with E-state index < -0.39 is 0 Å². The summed E-state index contributed by atoms with van der Waals surface area (Å²) in [5.74, 6) is 0.474. The van der Waals surface area contributed by atoms with Crippen molar-refractivity contribution in [3.63, 3.8) is 0 Å². The molecule has 1 N–H and O–H groups in total. The fraction of sp³-hybridized carbons (Fsp3) is 0.391. The van der Waals surface area contributed by atoms with Gasteiger partial charge in [0.05, 0.1) is 0 Å². The molecule has 0 saturated carbocycles. The van der Waals surface area contributed by atoms with E-state index >= 15 is 0 Å². The molecule has 0 aliphatic carbocycles. The molecule has 2 aromatic carbocycles. The van der Waals surface area contributed by atoms with Crippen molar-refractivity contribution < 1.29 is 14.3 Å². The molecule has 0 atom stereocenters. The van der Waals surface area contributed by atoms with Crippen molar-refractivity contribution in [1.82, 2.24) is 4.90 Å². The lowest BCUT2D eigenvalue weighted by atomic mass is 9.86. The van der Waals surface area contributed by atoms with Gasteiger partial charge in [0.1, 0.15) is 5.75 Å². The maximum atomic E-state index is 12.5. The van der Waals surface area contributed by atoms with E-state index in [4.69, 9.17) is 4.74 Å². The summed E-state index contributed by atoms with van der Waals surface area (Å²) in [6.07, 6.45) is 2.10. The number of amides is 2. The van der Waals surface area contributed by atoms with Crippen molar-refractivity contribution in [3.8, 4) is 5.75 Å². The van der Waals surface area contributed by atoms with Gasteiger partial charge in [-0.2, -0.15) is 0 Å². The van der Waals surface area contributed by atoms with Gasteiger partial charge in [-0.3, -0.25) is 9.59 Å². The standard InChI is InChI=1S/C23H28N2O3/c1-23(2,3)19-11-4-5-12-20(19)28-16-21(26)24-18-10-8-9-17(15-18)22(27)25-13-6-7-14-25/h4-5,8-12,15H,6-7,13-14,16H2,1-3H3,(H,24,26). The van der Waals surface area contributed by atoms with Gasteiger partial charge in [-0.1, -0.05) is 45.0 Å². The average Bonchev–Trinajstić information content (AvgIpc) is 3.20. The summed E-state index contributed by atoms with van der Waals surface area (Å²) in [5.41, 5.74) is 2.18. The lowest BCUT2D eigenvalue weighted by molar-refractivity contribution is -0.118. The zero-order valence-electron chi connectivity index (χ0n) is 16.8. The van der Waals surface area contributed by atoms with Gasteiger partial charge in [-0.15, -0.1) is 0 Å². The Labute approximate surface area is 166 Å². The minimum Gasteiger partial charge on any atom is -0.483 e. The molecular formula is C23H28N2O3. The first-order valence-corrected chi connectivity index (χ1v) is 9.76. The summed E-state index contributed by atoms with van der Waals surface area (Å²) in [7, 11) is 0. The summed E-state index contributed by atoms with van der Waals surface area (Å²) in [5, 5.41) is 2.82. The molecule has 148 valence electrons. The average molecular weight is 380 g/mol. The zero-order valence-corrected chi connectivity index (χ0v) is 16.8. The number of ether oxygens (including phenoxy) is 1. The molecule has 3 rings (SSSR count). The molecule has 1 fully saturated rings. The number of benzene rings is 2. The second-order valence-electron chi connectivity index (χ2n) is 8.16. The first kappa shape index (κ1) is 19.9. The van der Waals surface area contributed by atoms with Gasteiger partial charge in [0.2, 0.25) is 0 Å². The number of carbonyl (C=O) groups excluding carboxylic acids is 2. The van der Waals surface area contributed by atoms with Gasteiger partial charge in [0.25, 0.3) is 11.8 Å². The van der Waals surface area contributed by atoms with Crippen LogP contribution in [0, 0.1) is 0 Å². The van der Waals surface area contributed by atoms with Crippen LogP contribution in [0.1, 0.15) is 49.5 Å². The van der Waals surface area contributed by atoms with Crippen LogP contribution in [0.4, 0.5) is 5.69 Å². The number of nitrogens with zero attached hydrogens (tertiary/aromatic N) is 1. The van der Waals surface area contributed by atoms with E-state index in [1.54, 1.807) is 24.3 Å². The number of rotatable bonds is 5. The summed E-state index contributed by atoms with van der Waals surface area (Å²) < 4.78 is 5.77. The minimum absolute atomic E-state index is 0.0175. The van der Waals surface area contributed by atoms with Gasteiger partial charge in [-0.25, -0.2) is 0 Å². The van der Waals surface area contributed by atoms with E-state index in [1.165, 1.54) is 0 Å². The molecule has 0 unspecified atom stereocenters. The molecular weight excluding hydrogens is 352 g/mol. The van der Waals surface area contributed by atoms with Crippen LogP contribution in [0.2, 0.25) is 0 Å². The Balaban J connectivity index is 1.61. The summed E-state index contributed by atoms with van der Waals surface area (Å²) in [6, 6.07) is 14.8. The van der Waals surface area contributed by atoms with Crippen molar-refractivity contribution in [2.45, 2.75) is 39.0 Å². The third kappa shape index (κ3) is 4.91. The number of para-hydroxylation sites is 1. The van der Waals surface area contributed by atoms with E-state index in [9.17, 15) is 9.59 Å². The third-order valence-electron chi connectivity index (χ3n) is 4.84. The number of hydrogen-bond donors (Lipinski definition) is 1. The number of carbonyl (C=O) groups is 2. The monoisotopic (exact) mass is 380 g/mol. The van der Waals surface area contributed by atoms with Crippen LogP contribution < -0.4 is 10.1 Å². The summed E-state index contributed by atoms with van der Waals surface area (Å²) in [4.78, 5) is 26.7. The van der Waals surface area contributed by atoms with E-state index in [-0.39, 0.29) is 23.8 Å². The lowest BCUT2D eigenvalue weighted by Crippen LogP contribution is -2.27. The SMILES string of the molecule is CC(C)(C)c1ccccc1OCC(=O)Nc1cccc(C(=O)N2CCCC2)c1. The second kappa shape index (κ2) is 8.46. The van der Waals surface area contributed by atoms with E-state index in [2.05, 4.69) is 26.1 Å². The third-order valence-corrected chi connectivity index (χ3v) is 4.84. The highest BCUT2D eigenvalue weighted by molar-refractivity contribution is 5.97. The molecule has 0 aromatic heterocycles. The maximum Gasteiger partial charge on any atom is 0.262 e. The molecule has 1 aliphatic heterocycles. The van der Waals surface area contributed by atoms with Gasteiger partial charge < -0.3 is 15.0 Å². The highest BCUT2D eigenvalue weighted by Crippen LogP contribution is 2.30. The smallest absolute Gasteiger partial charge is 0.262 e. The molecule has 28 heavy (non-hydrogen) atoms. The van der Waals surface area contributed by atoms with Gasteiger partial charge in [-0.05, 0) is 48.1 Å². The Hall–Kier alpha value is -2.82. The summed E-state index contributed by atoms with van der Waals surface area (Å²) >= 11 is 0. The summed E-state index contributed by atoms with van der Waals surface area (Å²) in [6.45, 7) is 7.85. The maximum absolute atomic E-state index is 12.5. The van der Waals surface area contributed by atoms with Crippen LogP contribution in [-0.2, 0) is 10.2 Å². The second-order valence-corrected chi connectivity index (χ2v) is 8.16. The van der Waals surface area contributed by atoms with Crippen LogP contribution in [0.25, 0.3) is 0 Å². The Kier molecular flexibility index (Phi) is 6.02. The van der Waals surface area contributed by atoms with E-state index in [0.29, 0.717) is 17.0 Å². The minimum atomic E-state index is -0.255. The van der Waals surface area contributed by atoms with Crippen LogP contribution in [0.3, 0.4) is 0 Å². The van der Waals surface area contributed by atoms with Crippen molar-refractivity contribution in [2.24, 2.45) is 0 Å². The molecule has 0 spiro atoms. The quantitative estimate of drug-likeness (QED) is 0.844. The van der Waals surface area contributed by atoms with Crippen LogP contribution in [-0.4, -0.2) is 36.4 Å². The van der Waals surface area contributed by atoms with E-state index in [0.717, 1.165) is 31.5 Å². The molecule has 5 nitrogen and oxygen atoms in total. The van der Waals surface area contributed by atoms with Crippen LogP contribution >= 0.6 is 0 Å². The lowest BCUT2D eigenvalue weighted by Gasteiger charge is -2.22. The fourth-order valence-electron chi connectivity index (χ4n) is 3.39. The first-order chi connectivity index (χ1) is 13.3. The molecule has 2 aromatic rings. The zero-order chi connectivity index (χ0) is 20.1. The molecule has 1 heterocycles. The first-order valence-electron chi connectivity index (χ1n) is 9.76. The van der Waals surface area contributed by atoms with Crippen molar-refractivity contribution in [2.75, 3.05) is 25.0 Å². The number of anilines is 1. The topological polar surface area (TPSA) is 58.6 Å². The molecule has 0 bridgehead atoms. The number of nitrogens with one attached hydrogen (secondary N) is 1. The van der Waals surface area contributed by atoms with Crippen LogP contribution in [0.5, 0.6) is 5.75 Å². The predicted octanol–water partition coefficient (Wildman–Crippen LogP) is 4.24. The fourth-order valence-corrected chi connectivity index (χ4v) is 3.39. The molecule has 1 aliphatic rings. The predicted molar refractivity (Wildman–Crippen MR) is 111 cm³/mol. The highest BCUT2D eigenvalue weighted by Gasteiger charge is 2.20. The van der Waals surface area contributed by atoms with E-state index in [1.807, 2.05) is 29.2 Å². The number of likely N-dealkylation sites (tertiary alicyclic amines) is 1. The number of hydrogen-bond acceptors (Lipinski definition) is 3. The van der Waals surface area contributed by atoms with Crippen molar-refractivity contribution >= 4 is 17.5 Å². The van der Waals surface area contributed by atoms with Gasteiger partial charge >= 0.3 is 0 Å². The van der Waals surface area contributed by atoms with Crippen molar-refractivity contribution in [1.29, 1.82) is 0 Å². The molecule has 0 radical (unpaired) electrons. The Morgan fingerprint density at radius 3 is 2.46 bits per heavy atom. The van der Waals surface area contributed by atoms with Crippen LogP contribution in [0.15, 0.2) is 48.5 Å². The van der Waals surface area contributed by atoms with Gasteiger partial charge in [0.15, 0.2) is 6.61 Å². The Bertz CT molecular complexity index is 849. The van der Waals surface area contributed by atoms with Crippen molar-refractivity contribution in [3.05, 3.63) is 59.7 Å². The largest absolute Gasteiger partial charge is 0.483 e. The van der Waals surface area contributed by atoms with Gasteiger partial charge in [0, 0.05) is 24.3 Å². The highest BCUT2D eigenvalue weighted by atomic mass is 16.5. The molecule has 1 saturated heterocycles. The normalized spacial score (nSPS) is 14.0. The molecule has 2 amide bonds. The molecule has 5 heteroatoms. The Morgan fingerprint density at radius 1 is 1.04 bits per heavy atom.